The van der Waals surface area contributed by atoms with Crippen LogP contribution in [0.4, 0.5) is 0 Å². The molecule has 0 aliphatic rings. The van der Waals surface area contributed by atoms with E-state index in [1.807, 2.05) is 0 Å². The van der Waals surface area contributed by atoms with Gasteiger partial charge in [-0.3, -0.25) is 0 Å². The van der Waals surface area contributed by atoms with E-state index in [1.165, 1.54) is 12.8 Å². The first-order valence-electron chi connectivity index (χ1n) is 3.41. The molecule has 0 radical (unpaired) electrons. The minimum atomic E-state index is 0. The fourth-order valence-electron chi connectivity index (χ4n) is 0. The van der Waals surface area contributed by atoms with Gasteiger partial charge in [0.05, 0.1) is 0 Å². The summed E-state index contributed by atoms with van der Waals surface area (Å²) in [5.41, 5.74) is 0. The van der Waals surface area contributed by atoms with Gasteiger partial charge in [0, 0.05) is 52.4 Å². The summed E-state index contributed by atoms with van der Waals surface area (Å²) < 4.78 is 0. The second-order valence-corrected chi connectivity index (χ2v) is 1.71. The van der Waals surface area contributed by atoms with E-state index in [1.54, 1.807) is 0 Å². The van der Waals surface area contributed by atoms with Crippen molar-refractivity contribution >= 4 is 0 Å². The standard InChI is InChI=1S/2C4H9.2Zr/c2*1-3-4-2;;/h2*1,3-4H2,2H3;;/q2*-1;;. The van der Waals surface area contributed by atoms with Gasteiger partial charge in [-0.1, -0.05) is 26.7 Å². The smallest absolute Gasteiger partial charge is 0 e. The molecule has 0 aliphatic carbocycles. The van der Waals surface area contributed by atoms with Gasteiger partial charge in [-0.25, -0.2) is 0 Å². The maximum absolute atomic E-state index is 3.60. The molecule has 0 heterocycles. The topological polar surface area (TPSA) is 0 Å². The van der Waals surface area contributed by atoms with Gasteiger partial charge >= 0.3 is 0 Å². The van der Waals surface area contributed by atoms with Crippen molar-refractivity contribution in [3.05, 3.63) is 13.8 Å². The van der Waals surface area contributed by atoms with Gasteiger partial charge in [0.25, 0.3) is 0 Å². The Labute approximate surface area is 105 Å². The molecule has 0 nitrogen and oxygen atoms in total. The molecule has 0 aromatic heterocycles. The summed E-state index contributed by atoms with van der Waals surface area (Å²) in [6.07, 6.45) is 4.56. The number of hydrogen-bond donors (Lipinski definition) is 0. The predicted octanol–water partition coefficient (Wildman–Crippen LogP) is 3.24. The van der Waals surface area contributed by atoms with Crippen molar-refractivity contribution in [1.82, 2.24) is 0 Å². The van der Waals surface area contributed by atoms with Crippen molar-refractivity contribution in [2.24, 2.45) is 0 Å². The van der Waals surface area contributed by atoms with Crippen LogP contribution in [-0.4, -0.2) is 0 Å². The molecular formula is C8H18Zr2-2. The summed E-state index contributed by atoms with van der Waals surface area (Å²) in [7, 11) is 0. The molecule has 0 aromatic rings. The SMILES string of the molecule is [CH2-]CCC.[CH2-]CCC.[Zr].[Zr]. The Kier molecular flexibility index (Phi) is 69.8. The third-order valence-corrected chi connectivity index (χ3v) is 0.707. The first-order chi connectivity index (χ1) is 3.83. The van der Waals surface area contributed by atoms with E-state index < -0.39 is 0 Å². The van der Waals surface area contributed by atoms with E-state index in [0.717, 1.165) is 12.8 Å². The fourth-order valence-corrected chi connectivity index (χ4v) is 0. The Bertz CT molecular complexity index is 15.2. The zero-order valence-electron chi connectivity index (χ0n) is 7.24. The van der Waals surface area contributed by atoms with Crippen LogP contribution in [0, 0.1) is 13.8 Å². The second-order valence-electron chi connectivity index (χ2n) is 1.71. The van der Waals surface area contributed by atoms with Crippen molar-refractivity contribution in [2.75, 3.05) is 0 Å². The van der Waals surface area contributed by atoms with Crippen molar-refractivity contribution in [2.45, 2.75) is 39.5 Å². The molecule has 2 heteroatoms. The minimum Gasteiger partial charge on any atom is -0.343 e. The first kappa shape index (κ1) is 22.6. The van der Waals surface area contributed by atoms with Crippen molar-refractivity contribution in [3.8, 4) is 0 Å². The van der Waals surface area contributed by atoms with Crippen LogP contribution in [0.25, 0.3) is 0 Å². The average Bonchev–Trinajstić information content (AvgIpc) is 1.88. The van der Waals surface area contributed by atoms with E-state index >= 15 is 0 Å². The average molecular weight is 297 g/mol. The zero-order chi connectivity index (χ0) is 6.83. The quantitative estimate of drug-likeness (QED) is 0.686. The molecule has 60 valence electrons. The van der Waals surface area contributed by atoms with Crippen LogP contribution in [0.1, 0.15) is 39.5 Å². The largest absolute Gasteiger partial charge is 0.343 e. The third kappa shape index (κ3) is 52.9. The van der Waals surface area contributed by atoms with E-state index in [4.69, 9.17) is 0 Å². The van der Waals surface area contributed by atoms with Crippen LogP contribution >= 0.6 is 0 Å². The Morgan fingerprint density at radius 1 is 0.800 bits per heavy atom. The fraction of sp³-hybridized carbons (Fsp3) is 0.750. The molecule has 0 amide bonds. The third-order valence-electron chi connectivity index (χ3n) is 0.707. The molecular weight excluding hydrogens is 279 g/mol. The molecule has 0 N–H and O–H groups in total. The molecule has 0 rings (SSSR count). The molecule has 0 fully saturated rings. The minimum absolute atomic E-state index is 0. The number of rotatable bonds is 2. The van der Waals surface area contributed by atoms with Gasteiger partial charge in [-0.2, -0.15) is 12.8 Å². The molecule has 0 saturated heterocycles. The van der Waals surface area contributed by atoms with E-state index in [0.29, 0.717) is 0 Å². The monoisotopic (exact) mass is 294 g/mol. The Hall–Kier alpha value is 1.77. The Morgan fingerprint density at radius 3 is 0.900 bits per heavy atom. The maximum Gasteiger partial charge on any atom is 0 e. The molecule has 0 unspecified atom stereocenters. The van der Waals surface area contributed by atoms with Gasteiger partial charge < -0.3 is 13.8 Å². The summed E-state index contributed by atoms with van der Waals surface area (Å²) in [5.74, 6) is 0. The van der Waals surface area contributed by atoms with Crippen molar-refractivity contribution in [3.63, 3.8) is 0 Å². The van der Waals surface area contributed by atoms with E-state index in [-0.39, 0.29) is 52.4 Å². The summed E-state index contributed by atoms with van der Waals surface area (Å²) in [4.78, 5) is 0. The normalized spacial score (nSPS) is 6.00. The molecule has 0 saturated carbocycles. The first-order valence-corrected chi connectivity index (χ1v) is 3.41. The van der Waals surface area contributed by atoms with Crippen LogP contribution in [0.5, 0.6) is 0 Å². The summed E-state index contributed by atoms with van der Waals surface area (Å²) in [6, 6.07) is 0. The Morgan fingerprint density at radius 2 is 0.900 bits per heavy atom. The van der Waals surface area contributed by atoms with Crippen LogP contribution in [0.3, 0.4) is 0 Å². The van der Waals surface area contributed by atoms with Gasteiger partial charge in [0.1, 0.15) is 0 Å². The predicted molar refractivity (Wildman–Crippen MR) is 40.5 cm³/mol. The molecule has 0 aromatic carbocycles. The molecule has 0 bridgehead atoms. The van der Waals surface area contributed by atoms with Crippen LogP contribution < -0.4 is 0 Å². The zero-order valence-corrected chi connectivity index (χ0v) is 12.2. The van der Waals surface area contributed by atoms with Crippen molar-refractivity contribution in [1.29, 1.82) is 0 Å². The molecule has 0 aliphatic heterocycles. The second kappa shape index (κ2) is 30.9. The summed E-state index contributed by atoms with van der Waals surface area (Å²) >= 11 is 0. The van der Waals surface area contributed by atoms with E-state index in [2.05, 4.69) is 27.7 Å². The van der Waals surface area contributed by atoms with Gasteiger partial charge in [0.2, 0.25) is 0 Å². The number of unbranched alkanes of at least 4 members (excludes halogenated alkanes) is 2. The van der Waals surface area contributed by atoms with Crippen LogP contribution in [-0.2, 0) is 52.4 Å². The van der Waals surface area contributed by atoms with Gasteiger partial charge in [-0.05, 0) is 0 Å². The summed E-state index contributed by atoms with van der Waals surface area (Å²) in [5, 5.41) is 0. The van der Waals surface area contributed by atoms with Crippen molar-refractivity contribution < 1.29 is 52.4 Å². The van der Waals surface area contributed by atoms with Gasteiger partial charge in [0.15, 0.2) is 0 Å². The number of hydrogen-bond acceptors (Lipinski definition) is 0. The molecule has 10 heavy (non-hydrogen) atoms. The summed E-state index contributed by atoms with van der Waals surface area (Å²) in [6.45, 7) is 11.4. The molecule has 0 atom stereocenters. The Balaban J connectivity index is -0.0000000300. The molecule has 0 spiro atoms. The van der Waals surface area contributed by atoms with Gasteiger partial charge in [-0.15, -0.1) is 0 Å². The van der Waals surface area contributed by atoms with Crippen LogP contribution in [0.15, 0.2) is 0 Å². The van der Waals surface area contributed by atoms with Crippen LogP contribution in [0.2, 0.25) is 0 Å². The van der Waals surface area contributed by atoms with E-state index in [9.17, 15) is 0 Å². The maximum atomic E-state index is 3.60.